The van der Waals surface area contributed by atoms with E-state index in [4.69, 9.17) is 4.42 Å². The monoisotopic (exact) mass is 704 g/mol. The lowest BCUT2D eigenvalue weighted by atomic mass is 9.97. The number of nitrogens with zero attached hydrogens (tertiary/aromatic N) is 2. The summed E-state index contributed by atoms with van der Waals surface area (Å²) in [6, 6.07) is 63.6. The predicted octanol–water partition coefficient (Wildman–Crippen LogP) is 14.7. The van der Waals surface area contributed by atoms with Crippen LogP contribution in [-0.4, -0.2) is 4.57 Å². The van der Waals surface area contributed by atoms with Gasteiger partial charge in [-0.2, -0.15) is 0 Å². The van der Waals surface area contributed by atoms with Crippen LogP contribution in [0.3, 0.4) is 0 Å². The van der Waals surface area contributed by atoms with Crippen LogP contribution < -0.4 is 4.90 Å². The fourth-order valence-corrected chi connectivity index (χ4v) is 8.65. The van der Waals surface area contributed by atoms with Crippen LogP contribution in [0.1, 0.15) is 18.4 Å². The summed E-state index contributed by atoms with van der Waals surface area (Å²) in [6.45, 7) is 0. The van der Waals surface area contributed by atoms with Gasteiger partial charge in [0.25, 0.3) is 0 Å². The normalized spacial score (nSPS) is 13.0. The molecule has 1 aliphatic carbocycles. The van der Waals surface area contributed by atoms with Gasteiger partial charge in [-0.1, -0.05) is 127 Å². The highest BCUT2D eigenvalue weighted by Crippen LogP contribution is 2.44. The average molecular weight is 705 g/mol. The summed E-state index contributed by atoms with van der Waals surface area (Å²) in [5, 5.41) is 7.22. The van der Waals surface area contributed by atoms with Gasteiger partial charge >= 0.3 is 0 Å². The zero-order valence-corrected chi connectivity index (χ0v) is 30.2. The molecular weight excluding hydrogens is 669 g/mol. The van der Waals surface area contributed by atoms with Crippen molar-refractivity contribution >= 4 is 77.2 Å². The lowest BCUT2D eigenvalue weighted by Crippen LogP contribution is -2.10. The van der Waals surface area contributed by atoms with E-state index in [1.54, 1.807) is 0 Å². The second kappa shape index (κ2) is 12.8. The first-order valence-electron chi connectivity index (χ1n) is 19.1. The SMILES string of the molecule is C1=CCCC(c2ccc(N(c3ccc(-c4ccc5c(c4)c4ccc6ccccc6c4n5-c4ccccc4)cc3)c3cccc4oc5ccccc5c34)cc2)=C1. The molecule has 55 heavy (non-hydrogen) atoms. The van der Waals surface area contributed by atoms with Crippen molar-refractivity contribution in [1.82, 2.24) is 4.57 Å². The molecule has 0 spiro atoms. The van der Waals surface area contributed by atoms with Crippen molar-refractivity contribution in [2.45, 2.75) is 12.8 Å². The summed E-state index contributed by atoms with van der Waals surface area (Å²) in [5.41, 5.74) is 13.7. The summed E-state index contributed by atoms with van der Waals surface area (Å²) in [6.07, 6.45) is 8.80. The van der Waals surface area contributed by atoms with Crippen LogP contribution in [0.2, 0.25) is 0 Å². The van der Waals surface area contributed by atoms with Crippen molar-refractivity contribution in [2.24, 2.45) is 0 Å². The van der Waals surface area contributed by atoms with E-state index in [1.165, 1.54) is 54.8 Å². The zero-order chi connectivity index (χ0) is 36.3. The molecular formula is C52H36N2O. The maximum atomic E-state index is 6.37. The molecule has 2 heterocycles. The van der Waals surface area contributed by atoms with E-state index in [9.17, 15) is 0 Å². The lowest BCUT2D eigenvalue weighted by molar-refractivity contribution is 0.669. The van der Waals surface area contributed by atoms with Gasteiger partial charge in [0.2, 0.25) is 0 Å². The van der Waals surface area contributed by atoms with Crippen LogP contribution >= 0.6 is 0 Å². The van der Waals surface area contributed by atoms with Gasteiger partial charge in [-0.3, -0.25) is 0 Å². The Morgan fingerprint density at radius 1 is 0.509 bits per heavy atom. The summed E-state index contributed by atoms with van der Waals surface area (Å²) in [4.78, 5) is 2.37. The fourth-order valence-electron chi connectivity index (χ4n) is 8.65. The number of hydrogen-bond acceptors (Lipinski definition) is 2. The first-order valence-corrected chi connectivity index (χ1v) is 19.1. The first-order chi connectivity index (χ1) is 27.3. The van der Waals surface area contributed by atoms with Crippen LogP contribution in [0.4, 0.5) is 17.1 Å². The Morgan fingerprint density at radius 2 is 1.22 bits per heavy atom. The topological polar surface area (TPSA) is 21.3 Å². The molecule has 1 aliphatic rings. The molecule has 2 aromatic heterocycles. The Kier molecular flexibility index (Phi) is 7.31. The number of benzene rings is 8. The van der Waals surface area contributed by atoms with Gasteiger partial charge < -0.3 is 13.9 Å². The van der Waals surface area contributed by atoms with E-state index >= 15 is 0 Å². The molecule has 0 unspecified atom stereocenters. The van der Waals surface area contributed by atoms with Crippen molar-refractivity contribution < 1.29 is 4.42 Å². The molecule has 0 amide bonds. The minimum absolute atomic E-state index is 0.881. The van der Waals surface area contributed by atoms with E-state index < -0.39 is 0 Å². The van der Waals surface area contributed by atoms with Gasteiger partial charge in [-0.05, 0) is 107 Å². The third kappa shape index (κ3) is 5.20. The lowest BCUT2D eigenvalue weighted by Gasteiger charge is -2.27. The first kappa shape index (κ1) is 31.4. The van der Waals surface area contributed by atoms with Crippen LogP contribution in [0.25, 0.3) is 76.9 Å². The third-order valence-corrected chi connectivity index (χ3v) is 11.3. The molecule has 3 nitrogen and oxygen atoms in total. The Hall–Kier alpha value is -7.10. The quantitative estimate of drug-likeness (QED) is 0.172. The van der Waals surface area contributed by atoms with E-state index in [1.807, 2.05) is 6.07 Å². The number of furan rings is 1. The smallest absolute Gasteiger partial charge is 0.137 e. The maximum absolute atomic E-state index is 6.37. The van der Waals surface area contributed by atoms with Gasteiger partial charge in [0.15, 0.2) is 0 Å². The molecule has 0 saturated carbocycles. The molecule has 0 radical (unpaired) electrons. The Morgan fingerprint density at radius 3 is 2.02 bits per heavy atom. The summed E-state index contributed by atoms with van der Waals surface area (Å²) < 4.78 is 8.79. The number of allylic oxidation sites excluding steroid dienone is 4. The second-order valence-electron chi connectivity index (χ2n) is 14.4. The largest absolute Gasteiger partial charge is 0.456 e. The maximum Gasteiger partial charge on any atom is 0.137 e. The highest BCUT2D eigenvalue weighted by molar-refractivity contribution is 6.19. The van der Waals surface area contributed by atoms with Gasteiger partial charge in [0, 0.05) is 38.6 Å². The van der Waals surface area contributed by atoms with Gasteiger partial charge in [0.1, 0.15) is 11.2 Å². The van der Waals surface area contributed by atoms with Crippen LogP contribution in [-0.2, 0) is 0 Å². The van der Waals surface area contributed by atoms with Crippen molar-refractivity contribution in [3.05, 3.63) is 200 Å². The number of para-hydroxylation sites is 2. The highest BCUT2D eigenvalue weighted by atomic mass is 16.3. The second-order valence-corrected chi connectivity index (χ2v) is 14.4. The standard InChI is InChI=1S/C52H36N2O/c1-3-12-35(13-4-1)36-22-28-41(29-23-36)53(48-19-11-21-50-51(48)45-18-9-10-20-49(45)55-50)42-30-24-37(25-31-42)39-27-33-47-46(34-39)44-32-26-38-14-7-8-17-43(38)52(44)54(47)40-15-5-2-6-16-40/h1-3,5-12,14-34H,4,13H2. The molecule has 3 heteroatoms. The zero-order valence-electron chi connectivity index (χ0n) is 30.2. The van der Waals surface area contributed by atoms with E-state index in [2.05, 4.69) is 198 Å². The van der Waals surface area contributed by atoms with Crippen molar-refractivity contribution in [1.29, 1.82) is 0 Å². The number of hydrogen-bond donors (Lipinski definition) is 0. The van der Waals surface area contributed by atoms with E-state index in [0.29, 0.717) is 0 Å². The molecule has 0 saturated heterocycles. The summed E-state index contributed by atoms with van der Waals surface area (Å²) in [5.74, 6) is 0. The summed E-state index contributed by atoms with van der Waals surface area (Å²) >= 11 is 0. The minimum atomic E-state index is 0.881. The Bertz CT molecular complexity index is 3130. The Labute approximate surface area is 319 Å². The van der Waals surface area contributed by atoms with Gasteiger partial charge in [-0.25, -0.2) is 0 Å². The molecule has 0 N–H and O–H groups in total. The van der Waals surface area contributed by atoms with Crippen molar-refractivity contribution in [2.75, 3.05) is 4.90 Å². The molecule has 10 aromatic rings. The molecule has 0 bridgehead atoms. The number of aromatic nitrogens is 1. The van der Waals surface area contributed by atoms with E-state index in [0.717, 1.165) is 57.5 Å². The number of anilines is 3. The molecule has 0 atom stereocenters. The number of rotatable bonds is 6. The highest BCUT2D eigenvalue weighted by Gasteiger charge is 2.20. The molecule has 260 valence electrons. The fraction of sp³-hybridized carbons (Fsp3) is 0.0385. The molecule has 11 rings (SSSR count). The van der Waals surface area contributed by atoms with Crippen molar-refractivity contribution in [3.63, 3.8) is 0 Å². The number of fused-ring (bicyclic) bond motifs is 8. The summed E-state index contributed by atoms with van der Waals surface area (Å²) in [7, 11) is 0. The van der Waals surface area contributed by atoms with Crippen LogP contribution in [0.15, 0.2) is 199 Å². The van der Waals surface area contributed by atoms with E-state index in [-0.39, 0.29) is 0 Å². The minimum Gasteiger partial charge on any atom is -0.456 e. The molecule has 8 aromatic carbocycles. The predicted molar refractivity (Wildman–Crippen MR) is 232 cm³/mol. The average Bonchev–Trinajstić information content (AvgIpc) is 3.81. The van der Waals surface area contributed by atoms with Crippen LogP contribution in [0.5, 0.6) is 0 Å². The van der Waals surface area contributed by atoms with Gasteiger partial charge in [-0.15, -0.1) is 0 Å². The molecule has 0 aliphatic heterocycles. The van der Waals surface area contributed by atoms with Crippen LogP contribution in [0, 0.1) is 0 Å². The van der Waals surface area contributed by atoms with Crippen molar-refractivity contribution in [3.8, 4) is 16.8 Å². The molecule has 0 fully saturated rings. The third-order valence-electron chi connectivity index (χ3n) is 11.3. The Balaban J connectivity index is 1.05. The van der Waals surface area contributed by atoms with Gasteiger partial charge in [0.05, 0.1) is 22.1 Å².